The Labute approximate surface area is 138 Å². The van der Waals surface area contributed by atoms with E-state index in [1.165, 1.54) is 0 Å². The monoisotopic (exact) mass is 331 g/mol. The third-order valence-corrected chi connectivity index (χ3v) is 5.13. The summed E-state index contributed by atoms with van der Waals surface area (Å²) in [4.78, 5) is 29.0. The van der Waals surface area contributed by atoms with Gasteiger partial charge in [-0.2, -0.15) is 0 Å². The Morgan fingerprint density at radius 2 is 2.13 bits per heavy atom. The van der Waals surface area contributed by atoms with E-state index >= 15 is 0 Å². The van der Waals surface area contributed by atoms with E-state index in [2.05, 4.69) is 15.2 Å². The van der Waals surface area contributed by atoms with E-state index in [0.29, 0.717) is 29.9 Å². The molecule has 23 heavy (non-hydrogen) atoms. The van der Waals surface area contributed by atoms with E-state index in [0.717, 1.165) is 36.0 Å². The number of halogens is 1. The summed E-state index contributed by atoms with van der Waals surface area (Å²) in [6, 6.07) is 7.77. The van der Waals surface area contributed by atoms with Gasteiger partial charge in [0.1, 0.15) is 0 Å². The largest absolute Gasteiger partial charge is 0.353 e. The minimum Gasteiger partial charge on any atom is -0.353 e. The third-order valence-electron chi connectivity index (χ3n) is 4.89. The van der Waals surface area contributed by atoms with Crippen molar-refractivity contribution in [1.82, 2.24) is 15.2 Å². The zero-order valence-corrected chi connectivity index (χ0v) is 13.4. The number of nitrogens with one attached hydrogen (secondary N) is 2. The van der Waals surface area contributed by atoms with Crippen LogP contribution in [-0.4, -0.2) is 34.9 Å². The summed E-state index contributed by atoms with van der Waals surface area (Å²) in [6.07, 6.45) is 1.56. The number of fused-ring (bicyclic) bond motifs is 2. The van der Waals surface area contributed by atoms with Crippen LogP contribution in [0.1, 0.15) is 18.4 Å². The normalized spacial score (nSPS) is 24.7. The van der Waals surface area contributed by atoms with Gasteiger partial charge in [-0.25, -0.2) is 0 Å². The Kier molecular flexibility index (Phi) is 3.62. The highest BCUT2D eigenvalue weighted by Crippen LogP contribution is 2.26. The zero-order valence-electron chi connectivity index (χ0n) is 12.6. The number of carbonyl (C=O) groups excluding carboxylic acids is 1. The molecule has 0 radical (unpaired) electrons. The van der Waals surface area contributed by atoms with E-state index in [9.17, 15) is 9.59 Å². The average Bonchev–Trinajstić information content (AvgIpc) is 2.87. The van der Waals surface area contributed by atoms with Crippen LogP contribution in [-0.2, 0) is 11.3 Å². The number of amides is 1. The molecule has 1 aromatic carbocycles. The van der Waals surface area contributed by atoms with Crippen LogP contribution in [0.25, 0.3) is 10.9 Å². The lowest BCUT2D eigenvalue weighted by atomic mass is 9.93. The first-order valence-corrected chi connectivity index (χ1v) is 8.29. The van der Waals surface area contributed by atoms with Crippen LogP contribution in [0.4, 0.5) is 0 Å². The molecule has 0 bridgehead atoms. The van der Waals surface area contributed by atoms with E-state index in [1.54, 1.807) is 6.07 Å². The van der Waals surface area contributed by atoms with Crippen molar-refractivity contribution >= 4 is 28.4 Å². The second kappa shape index (κ2) is 5.65. The van der Waals surface area contributed by atoms with Crippen molar-refractivity contribution in [3.05, 3.63) is 45.2 Å². The van der Waals surface area contributed by atoms with Crippen LogP contribution in [0, 0.1) is 5.92 Å². The van der Waals surface area contributed by atoms with Crippen molar-refractivity contribution in [2.45, 2.75) is 25.4 Å². The Morgan fingerprint density at radius 3 is 3.00 bits per heavy atom. The van der Waals surface area contributed by atoms with Gasteiger partial charge in [0.15, 0.2) is 0 Å². The molecular weight excluding hydrogens is 314 g/mol. The lowest BCUT2D eigenvalue weighted by Gasteiger charge is -2.34. The molecule has 1 amide bonds. The first-order valence-electron chi connectivity index (χ1n) is 7.92. The quantitative estimate of drug-likeness (QED) is 0.883. The number of pyridine rings is 1. The average molecular weight is 332 g/mol. The number of H-pyrrole nitrogens is 1. The molecule has 2 atom stereocenters. The molecule has 120 valence electrons. The second-order valence-electron chi connectivity index (χ2n) is 6.52. The number of hydrogen-bond acceptors (Lipinski definition) is 3. The molecule has 4 rings (SSSR count). The van der Waals surface area contributed by atoms with E-state index in [4.69, 9.17) is 11.6 Å². The highest BCUT2D eigenvalue weighted by molar-refractivity contribution is 6.31. The third kappa shape index (κ3) is 2.86. The van der Waals surface area contributed by atoms with Crippen LogP contribution in [0.3, 0.4) is 0 Å². The molecule has 0 aliphatic carbocycles. The lowest BCUT2D eigenvalue weighted by molar-refractivity contribution is -0.119. The molecule has 0 spiro atoms. The predicted octanol–water partition coefficient (Wildman–Crippen LogP) is 1.89. The molecule has 3 heterocycles. The number of carbonyl (C=O) groups is 1. The molecule has 2 aliphatic rings. The second-order valence-corrected chi connectivity index (χ2v) is 6.95. The number of aromatic nitrogens is 1. The van der Waals surface area contributed by atoms with Crippen LogP contribution < -0.4 is 10.9 Å². The Balaban J connectivity index is 1.56. The van der Waals surface area contributed by atoms with Gasteiger partial charge >= 0.3 is 0 Å². The Hall–Kier alpha value is -1.85. The van der Waals surface area contributed by atoms with Crippen LogP contribution >= 0.6 is 11.6 Å². The van der Waals surface area contributed by atoms with Gasteiger partial charge in [-0.15, -0.1) is 0 Å². The summed E-state index contributed by atoms with van der Waals surface area (Å²) >= 11 is 5.97. The summed E-state index contributed by atoms with van der Waals surface area (Å²) < 4.78 is 0. The molecule has 0 saturated carbocycles. The van der Waals surface area contributed by atoms with Gasteiger partial charge in [-0.05, 0) is 30.0 Å². The van der Waals surface area contributed by atoms with Gasteiger partial charge in [-0.1, -0.05) is 17.7 Å². The van der Waals surface area contributed by atoms with Crippen molar-refractivity contribution in [2.24, 2.45) is 5.92 Å². The fraction of sp³-hybridized carbons (Fsp3) is 0.412. The van der Waals surface area contributed by atoms with Gasteiger partial charge in [0.2, 0.25) is 5.91 Å². The smallest absolute Gasteiger partial charge is 0.252 e. The van der Waals surface area contributed by atoms with Crippen LogP contribution in [0.2, 0.25) is 5.02 Å². The van der Waals surface area contributed by atoms with Crippen LogP contribution in [0.15, 0.2) is 29.1 Å². The Morgan fingerprint density at radius 1 is 1.26 bits per heavy atom. The SMILES string of the molecule is O=C1C[C@@H]2CN(Cc3cc4ccc(Cl)cc4[nH]c3=O)CC[C@@H]2N1. The topological polar surface area (TPSA) is 65.2 Å². The molecule has 0 unspecified atom stereocenters. The number of rotatable bonds is 2. The number of aromatic amines is 1. The van der Waals surface area contributed by atoms with Crippen molar-refractivity contribution < 1.29 is 4.79 Å². The summed E-state index contributed by atoms with van der Waals surface area (Å²) in [7, 11) is 0. The molecule has 2 saturated heterocycles. The molecule has 1 aromatic heterocycles. The summed E-state index contributed by atoms with van der Waals surface area (Å²) in [6.45, 7) is 2.38. The fourth-order valence-corrected chi connectivity index (χ4v) is 3.90. The van der Waals surface area contributed by atoms with Crippen molar-refractivity contribution in [1.29, 1.82) is 0 Å². The van der Waals surface area contributed by atoms with Gasteiger partial charge in [0, 0.05) is 54.1 Å². The summed E-state index contributed by atoms with van der Waals surface area (Å²) in [5.74, 6) is 0.525. The van der Waals surface area contributed by atoms with E-state index in [1.807, 2.05) is 18.2 Å². The van der Waals surface area contributed by atoms with E-state index in [-0.39, 0.29) is 11.5 Å². The number of benzene rings is 1. The first-order chi connectivity index (χ1) is 11.1. The molecule has 6 heteroatoms. The Bertz CT molecular complexity index is 832. The number of likely N-dealkylation sites (tertiary alicyclic amines) is 1. The maximum absolute atomic E-state index is 12.3. The van der Waals surface area contributed by atoms with Crippen molar-refractivity contribution in [3.8, 4) is 0 Å². The zero-order chi connectivity index (χ0) is 16.0. The summed E-state index contributed by atoms with van der Waals surface area (Å²) in [5.41, 5.74) is 1.45. The molecule has 2 aliphatic heterocycles. The minimum atomic E-state index is -0.0671. The van der Waals surface area contributed by atoms with Gasteiger partial charge < -0.3 is 10.3 Å². The maximum atomic E-state index is 12.3. The van der Waals surface area contributed by atoms with Gasteiger partial charge in [0.05, 0.1) is 0 Å². The molecule has 5 nitrogen and oxygen atoms in total. The van der Waals surface area contributed by atoms with Gasteiger partial charge in [-0.3, -0.25) is 14.5 Å². The number of nitrogens with zero attached hydrogens (tertiary/aromatic N) is 1. The maximum Gasteiger partial charge on any atom is 0.252 e. The number of hydrogen-bond donors (Lipinski definition) is 2. The standard InChI is InChI=1S/C17H18ClN3O2/c18-13-2-1-10-5-12(17(23)20-15(10)7-13)9-21-4-3-14-11(8-21)6-16(22)19-14/h1-2,5,7,11,14H,3-4,6,8-9H2,(H,19,22)(H,20,23)/t11-,14+/m1/s1. The highest BCUT2D eigenvalue weighted by Gasteiger charge is 2.36. The van der Waals surface area contributed by atoms with Crippen molar-refractivity contribution in [2.75, 3.05) is 13.1 Å². The lowest BCUT2D eigenvalue weighted by Crippen LogP contribution is -2.44. The van der Waals surface area contributed by atoms with Crippen molar-refractivity contribution in [3.63, 3.8) is 0 Å². The predicted molar refractivity (Wildman–Crippen MR) is 89.5 cm³/mol. The first kappa shape index (κ1) is 14.7. The molecule has 2 aromatic rings. The molecule has 2 N–H and O–H groups in total. The summed E-state index contributed by atoms with van der Waals surface area (Å²) in [5, 5.41) is 4.63. The number of piperidine rings is 1. The molecule has 2 fully saturated rings. The van der Waals surface area contributed by atoms with Gasteiger partial charge in [0.25, 0.3) is 5.56 Å². The van der Waals surface area contributed by atoms with E-state index < -0.39 is 0 Å². The fourth-order valence-electron chi connectivity index (χ4n) is 3.73. The van der Waals surface area contributed by atoms with Crippen LogP contribution in [0.5, 0.6) is 0 Å². The molecular formula is C17H18ClN3O2. The highest BCUT2D eigenvalue weighted by atomic mass is 35.5. The minimum absolute atomic E-state index is 0.0671.